The molecule has 0 aromatic carbocycles. The summed E-state index contributed by atoms with van der Waals surface area (Å²) in [4.78, 5) is 12.9. The summed E-state index contributed by atoms with van der Waals surface area (Å²) >= 11 is 0.384. The van der Waals surface area contributed by atoms with Crippen LogP contribution in [0.2, 0.25) is 0 Å². The molecule has 1 saturated heterocycles. The van der Waals surface area contributed by atoms with Gasteiger partial charge in [-0.3, -0.25) is 0 Å². The summed E-state index contributed by atoms with van der Waals surface area (Å²) in [7, 11) is 0. The molecule has 0 bridgehead atoms. The van der Waals surface area contributed by atoms with Crippen LogP contribution in [0.4, 0.5) is 18.3 Å². The van der Waals surface area contributed by atoms with Crippen molar-refractivity contribution in [3.63, 3.8) is 0 Å². The van der Waals surface area contributed by atoms with Gasteiger partial charge in [0.25, 0.3) is 0 Å². The molecule has 0 radical (unpaired) electrons. The molecule has 1 aromatic rings. The molecule has 2 rings (SSSR count). The van der Waals surface area contributed by atoms with Crippen molar-refractivity contribution in [1.82, 2.24) is 10.2 Å². The second kappa shape index (κ2) is 4.87. The minimum Gasteiger partial charge on any atom is -0.480 e. The molecule has 9 heteroatoms. The highest BCUT2D eigenvalue weighted by molar-refractivity contribution is 7.15. The van der Waals surface area contributed by atoms with Crippen molar-refractivity contribution >= 4 is 22.4 Å². The lowest BCUT2D eigenvalue weighted by Crippen LogP contribution is -2.54. The standard InChI is InChI=1S/C11H14F3N3O2S/c1-10(2)4-3-5-17(6(10)7(18)19)9-16-15-8(20-9)11(12,13)14/h6H,3-5H2,1-2H3,(H,18,19). The molecule has 1 unspecified atom stereocenters. The van der Waals surface area contributed by atoms with Crippen LogP contribution in [0, 0.1) is 5.41 Å². The van der Waals surface area contributed by atoms with E-state index in [4.69, 9.17) is 0 Å². The number of nitrogens with zero attached hydrogens (tertiary/aromatic N) is 3. The van der Waals surface area contributed by atoms with Crippen molar-refractivity contribution in [2.45, 2.75) is 38.9 Å². The molecule has 1 aliphatic heterocycles. The van der Waals surface area contributed by atoms with Gasteiger partial charge in [-0.15, -0.1) is 10.2 Å². The van der Waals surface area contributed by atoms with Gasteiger partial charge in [-0.2, -0.15) is 13.2 Å². The molecule has 112 valence electrons. The summed E-state index contributed by atoms with van der Waals surface area (Å²) in [5.74, 6) is -1.06. The van der Waals surface area contributed by atoms with Crippen LogP contribution in [0.15, 0.2) is 0 Å². The Labute approximate surface area is 117 Å². The van der Waals surface area contributed by atoms with E-state index in [1.165, 1.54) is 4.90 Å². The van der Waals surface area contributed by atoms with Crippen molar-refractivity contribution in [2.24, 2.45) is 5.41 Å². The van der Waals surface area contributed by atoms with E-state index >= 15 is 0 Å². The summed E-state index contributed by atoms with van der Waals surface area (Å²) in [5.41, 5.74) is -0.534. The highest BCUT2D eigenvalue weighted by Gasteiger charge is 2.45. The predicted molar refractivity (Wildman–Crippen MR) is 66.7 cm³/mol. The summed E-state index contributed by atoms with van der Waals surface area (Å²) in [5, 5.41) is 14.9. The quantitative estimate of drug-likeness (QED) is 0.909. The van der Waals surface area contributed by atoms with E-state index in [0.29, 0.717) is 30.7 Å². The third-order valence-electron chi connectivity index (χ3n) is 3.41. The Morgan fingerprint density at radius 1 is 1.45 bits per heavy atom. The smallest absolute Gasteiger partial charge is 0.445 e. The fraction of sp³-hybridized carbons (Fsp3) is 0.727. The Morgan fingerprint density at radius 3 is 2.60 bits per heavy atom. The average molecular weight is 309 g/mol. The number of hydrogen-bond donors (Lipinski definition) is 1. The van der Waals surface area contributed by atoms with Crippen molar-refractivity contribution in [1.29, 1.82) is 0 Å². The SMILES string of the molecule is CC1(C)CCCN(c2nnc(C(F)(F)F)s2)C1C(=O)O. The normalized spacial score (nSPS) is 22.9. The number of aromatic nitrogens is 2. The van der Waals surface area contributed by atoms with E-state index in [1.807, 2.05) is 0 Å². The lowest BCUT2D eigenvalue weighted by molar-refractivity contribution is -0.142. The summed E-state index contributed by atoms with van der Waals surface area (Å²) in [6, 6.07) is -0.898. The first kappa shape index (κ1) is 15.0. The van der Waals surface area contributed by atoms with Crippen LogP contribution in [0.1, 0.15) is 31.7 Å². The molecular formula is C11H14F3N3O2S. The second-order valence-corrected chi connectivity index (χ2v) is 6.37. The van der Waals surface area contributed by atoms with Crippen molar-refractivity contribution < 1.29 is 23.1 Å². The van der Waals surface area contributed by atoms with E-state index in [1.54, 1.807) is 13.8 Å². The number of carboxylic acids is 1. The number of hydrogen-bond acceptors (Lipinski definition) is 5. The number of aliphatic carboxylic acids is 1. The van der Waals surface area contributed by atoms with Gasteiger partial charge in [-0.25, -0.2) is 4.79 Å². The molecular weight excluding hydrogens is 295 g/mol. The minimum atomic E-state index is -4.56. The summed E-state index contributed by atoms with van der Waals surface area (Å²) in [6.07, 6.45) is -3.15. The third kappa shape index (κ3) is 2.72. The van der Waals surface area contributed by atoms with E-state index in [2.05, 4.69) is 10.2 Å². The van der Waals surface area contributed by atoms with E-state index < -0.39 is 28.6 Å². The molecule has 0 aliphatic carbocycles. The minimum absolute atomic E-state index is 0.0116. The molecule has 0 spiro atoms. The number of carboxylic acid groups (broad SMARTS) is 1. The number of rotatable bonds is 2. The maximum Gasteiger partial charge on any atom is 0.445 e. The number of piperidine rings is 1. The van der Waals surface area contributed by atoms with Gasteiger partial charge in [0.2, 0.25) is 10.1 Å². The van der Waals surface area contributed by atoms with Crippen molar-refractivity contribution in [3.8, 4) is 0 Å². The molecule has 0 amide bonds. The molecule has 2 heterocycles. The summed E-state index contributed by atoms with van der Waals surface area (Å²) in [6.45, 7) is 3.96. The van der Waals surface area contributed by atoms with Gasteiger partial charge >= 0.3 is 12.1 Å². The first-order valence-corrected chi connectivity index (χ1v) is 6.85. The number of anilines is 1. The molecule has 0 saturated carbocycles. The topological polar surface area (TPSA) is 66.3 Å². The molecule has 5 nitrogen and oxygen atoms in total. The maximum absolute atomic E-state index is 12.5. The Balaban J connectivity index is 2.35. The Kier molecular flexibility index (Phi) is 3.66. The van der Waals surface area contributed by atoms with Crippen LogP contribution >= 0.6 is 11.3 Å². The zero-order valence-corrected chi connectivity index (χ0v) is 11.8. The highest BCUT2D eigenvalue weighted by atomic mass is 32.1. The first-order valence-electron chi connectivity index (χ1n) is 6.03. The first-order chi connectivity index (χ1) is 9.13. The molecule has 20 heavy (non-hydrogen) atoms. The lowest BCUT2D eigenvalue weighted by Gasteiger charge is -2.43. The van der Waals surface area contributed by atoms with Crippen LogP contribution in [-0.2, 0) is 11.0 Å². The Bertz CT molecular complexity index is 515. The Hall–Kier alpha value is -1.38. The molecule has 1 aliphatic rings. The van der Waals surface area contributed by atoms with Crippen LogP contribution < -0.4 is 4.90 Å². The zero-order chi connectivity index (χ0) is 15.1. The van der Waals surface area contributed by atoms with Gasteiger partial charge in [-0.1, -0.05) is 25.2 Å². The predicted octanol–water partition coefficient (Wildman–Crippen LogP) is 2.64. The molecule has 1 aromatic heterocycles. The zero-order valence-electron chi connectivity index (χ0n) is 10.9. The van der Waals surface area contributed by atoms with Crippen LogP contribution in [0.3, 0.4) is 0 Å². The van der Waals surface area contributed by atoms with Gasteiger partial charge in [0.15, 0.2) is 0 Å². The summed E-state index contributed by atoms with van der Waals surface area (Å²) < 4.78 is 37.6. The van der Waals surface area contributed by atoms with Crippen molar-refractivity contribution in [3.05, 3.63) is 5.01 Å². The van der Waals surface area contributed by atoms with E-state index in [0.717, 1.165) is 0 Å². The number of halogens is 3. The fourth-order valence-corrected chi connectivity index (χ4v) is 3.28. The monoisotopic (exact) mass is 309 g/mol. The second-order valence-electron chi connectivity index (χ2n) is 5.41. The maximum atomic E-state index is 12.5. The van der Waals surface area contributed by atoms with E-state index in [9.17, 15) is 23.1 Å². The molecule has 1 atom stereocenters. The van der Waals surface area contributed by atoms with E-state index in [-0.39, 0.29) is 5.13 Å². The molecule has 1 fully saturated rings. The fourth-order valence-electron chi connectivity index (χ4n) is 2.51. The molecule has 1 N–H and O–H groups in total. The average Bonchev–Trinajstić information content (AvgIpc) is 2.75. The number of carbonyl (C=O) groups is 1. The highest BCUT2D eigenvalue weighted by Crippen LogP contribution is 2.41. The van der Waals surface area contributed by atoms with Crippen LogP contribution in [0.25, 0.3) is 0 Å². The van der Waals surface area contributed by atoms with Gasteiger partial charge in [-0.05, 0) is 18.3 Å². The number of alkyl halides is 3. The third-order valence-corrected chi connectivity index (χ3v) is 4.41. The van der Waals surface area contributed by atoms with Gasteiger partial charge in [0.1, 0.15) is 6.04 Å². The van der Waals surface area contributed by atoms with Gasteiger partial charge < -0.3 is 10.0 Å². The largest absolute Gasteiger partial charge is 0.480 e. The van der Waals surface area contributed by atoms with Crippen LogP contribution in [0.5, 0.6) is 0 Å². The van der Waals surface area contributed by atoms with Crippen LogP contribution in [-0.4, -0.2) is 33.9 Å². The van der Waals surface area contributed by atoms with Crippen molar-refractivity contribution in [2.75, 3.05) is 11.4 Å². The van der Waals surface area contributed by atoms with Gasteiger partial charge in [0.05, 0.1) is 0 Å². The lowest BCUT2D eigenvalue weighted by atomic mass is 9.76. The Morgan fingerprint density at radius 2 is 2.10 bits per heavy atom. The van der Waals surface area contributed by atoms with Gasteiger partial charge in [0, 0.05) is 6.54 Å².